The van der Waals surface area contributed by atoms with Crippen LogP contribution in [-0.4, -0.2) is 40.4 Å². The Kier molecular flexibility index (Phi) is 7.25. The highest BCUT2D eigenvalue weighted by Crippen LogP contribution is 2.18. The van der Waals surface area contributed by atoms with Crippen LogP contribution in [0.25, 0.3) is 0 Å². The minimum Gasteiger partial charge on any atom is -0.396 e. The molecule has 22 heavy (non-hydrogen) atoms. The standard InChI is InChI=1S/C18H27NO3/c1-13(2)19(14(3)4)18(22)16-10-6-5-9-15(16)17(21)11-7-8-12-20/h5-6,9-10,13-14,20H,7-8,11-12H2,1-4H3. The summed E-state index contributed by atoms with van der Waals surface area (Å²) in [6.45, 7) is 7.99. The molecule has 0 saturated carbocycles. The van der Waals surface area contributed by atoms with Crippen molar-refractivity contribution in [1.29, 1.82) is 0 Å². The number of benzene rings is 1. The van der Waals surface area contributed by atoms with Gasteiger partial charge in [-0.1, -0.05) is 18.2 Å². The SMILES string of the molecule is CC(C)N(C(=O)c1ccccc1C(=O)CCCCO)C(C)C. The lowest BCUT2D eigenvalue weighted by Gasteiger charge is -2.31. The maximum absolute atomic E-state index is 12.8. The first-order chi connectivity index (χ1) is 10.4. The average molecular weight is 305 g/mol. The van der Waals surface area contributed by atoms with Crippen molar-refractivity contribution >= 4 is 11.7 Å². The second-order valence-electron chi connectivity index (χ2n) is 6.05. The van der Waals surface area contributed by atoms with Gasteiger partial charge in [-0.15, -0.1) is 0 Å². The van der Waals surface area contributed by atoms with Gasteiger partial charge in [0.2, 0.25) is 0 Å². The zero-order chi connectivity index (χ0) is 16.7. The predicted octanol–water partition coefficient (Wildman–Crippen LogP) is 3.29. The van der Waals surface area contributed by atoms with E-state index in [9.17, 15) is 9.59 Å². The van der Waals surface area contributed by atoms with Crippen LogP contribution in [0.2, 0.25) is 0 Å². The van der Waals surface area contributed by atoms with Gasteiger partial charge in [-0.2, -0.15) is 0 Å². The minimum absolute atomic E-state index is 0.0372. The van der Waals surface area contributed by atoms with Gasteiger partial charge in [0, 0.05) is 30.7 Å². The molecule has 1 aromatic carbocycles. The van der Waals surface area contributed by atoms with Crippen LogP contribution in [-0.2, 0) is 0 Å². The molecule has 122 valence electrons. The van der Waals surface area contributed by atoms with Crippen LogP contribution >= 0.6 is 0 Å². The van der Waals surface area contributed by atoms with Crippen molar-refractivity contribution in [3.8, 4) is 0 Å². The maximum atomic E-state index is 12.8. The molecule has 0 radical (unpaired) electrons. The summed E-state index contributed by atoms with van der Waals surface area (Å²) in [6.07, 6.45) is 1.59. The molecule has 4 heteroatoms. The number of unbranched alkanes of at least 4 members (excludes halogenated alkanes) is 1. The molecule has 4 nitrogen and oxygen atoms in total. The van der Waals surface area contributed by atoms with E-state index in [1.54, 1.807) is 29.2 Å². The first-order valence-corrected chi connectivity index (χ1v) is 7.95. The van der Waals surface area contributed by atoms with Gasteiger partial charge in [0.15, 0.2) is 5.78 Å². The summed E-state index contributed by atoms with van der Waals surface area (Å²) >= 11 is 0. The fourth-order valence-electron chi connectivity index (χ4n) is 2.65. The zero-order valence-corrected chi connectivity index (χ0v) is 14.0. The van der Waals surface area contributed by atoms with Crippen LogP contribution < -0.4 is 0 Å². The molecule has 0 aliphatic carbocycles. The molecule has 1 N–H and O–H groups in total. The molecule has 0 fully saturated rings. The third-order valence-electron chi connectivity index (χ3n) is 3.62. The highest BCUT2D eigenvalue weighted by molar-refractivity contribution is 6.08. The Hall–Kier alpha value is -1.68. The lowest BCUT2D eigenvalue weighted by atomic mass is 9.98. The summed E-state index contributed by atoms with van der Waals surface area (Å²) in [5.74, 6) is -0.138. The van der Waals surface area contributed by atoms with Crippen LogP contribution in [0.4, 0.5) is 0 Å². The number of carbonyl (C=O) groups is 2. The van der Waals surface area contributed by atoms with Crippen molar-refractivity contribution in [1.82, 2.24) is 4.90 Å². The lowest BCUT2D eigenvalue weighted by Crippen LogP contribution is -2.42. The normalized spacial score (nSPS) is 11.0. The maximum Gasteiger partial charge on any atom is 0.255 e. The molecule has 1 amide bonds. The number of ketones is 1. The van der Waals surface area contributed by atoms with Gasteiger partial charge in [0.1, 0.15) is 0 Å². The van der Waals surface area contributed by atoms with E-state index < -0.39 is 0 Å². The van der Waals surface area contributed by atoms with Crippen molar-refractivity contribution in [2.75, 3.05) is 6.61 Å². The van der Waals surface area contributed by atoms with E-state index in [1.165, 1.54) is 0 Å². The quantitative estimate of drug-likeness (QED) is 0.592. The Bertz CT molecular complexity index is 501. The van der Waals surface area contributed by atoms with E-state index in [4.69, 9.17) is 5.11 Å². The van der Waals surface area contributed by atoms with Crippen molar-refractivity contribution < 1.29 is 14.7 Å². The summed E-state index contributed by atoms with van der Waals surface area (Å²) in [6, 6.07) is 7.16. The van der Waals surface area contributed by atoms with Crippen LogP contribution in [0, 0.1) is 0 Å². The summed E-state index contributed by atoms with van der Waals surface area (Å²) in [5.41, 5.74) is 0.954. The molecule has 0 spiro atoms. The van der Waals surface area contributed by atoms with Crippen molar-refractivity contribution in [2.24, 2.45) is 0 Å². The fourth-order valence-corrected chi connectivity index (χ4v) is 2.65. The molecule has 0 bridgehead atoms. The van der Waals surface area contributed by atoms with E-state index in [1.807, 2.05) is 27.7 Å². The van der Waals surface area contributed by atoms with Crippen LogP contribution in [0.1, 0.15) is 67.7 Å². The first-order valence-electron chi connectivity index (χ1n) is 7.95. The molecule has 0 aliphatic heterocycles. The molecular weight excluding hydrogens is 278 g/mol. The van der Waals surface area contributed by atoms with Gasteiger partial charge >= 0.3 is 0 Å². The largest absolute Gasteiger partial charge is 0.396 e. The number of hydrogen-bond donors (Lipinski definition) is 1. The number of nitrogens with zero attached hydrogens (tertiary/aromatic N) is 1. The highest BCUT2D eigenvalue weighted by atomic mass is 16.3. The molecule has 1 aromatic rings. The van der Waals surface area contributed by atoms with E-state index in [0.717, 1.165) is 0 Å². The van der Waals surface area contributed by atoms with Crippen molar-refractivity contribution in [3.05, 3.63) is 35.4 Å². The number of amides is 1. The Morgan fingerprint density at radius 2 is 1.55 bits per heavy atom. The Balaban J connectivity index is 3.04. The molecule has 0 aliphatic rings. The van der Waals surface area contributed by atoms with Gasteiger partial charge < -0.3 is 10.0 Å². The van der Waals surface area contributed by atoms with E-state index in [2.05, 4.69) is 0 Å². The second kappa shape index (κ2) is 8.69. The molecule has 0 aromatic heterocycles. The van der Waals surface area contributed by atoms with Crippen LogP contribution in [0.3, 0.4) is 0 Å². The predicted molar refractivity (Wildman–Crippen MR) is 88.2 cm³/mol. The summed E-state index contributed by atoms with van der Waals surface area (Å²) < 4.78 is 0. The van der Waals surface area contributed by atoms with E-state index in [0.29, 0.717) is 30.4 Å². The highest BCUT2D eigenvalue weighted by Gasteiger charge is 2.25. The van der Waals surface area contributed by atoms with E-state index in [-0.39, 0.29) is 30.4 Å². The van der Waals surface area contributed by atoms with Gasteiger partial charge in [-0.25, -0.2) is 0 Å². The monoisotopic (exact) mass is 305 g/mol. The number of Topliss-reactive ketones (excluding diaryl/α,β-unsaturated/α-hetero) is 1. The first kappa shape index (κ1) is 18.4. The Labute approximate surface area is 133 Å². The number of aliphatic hydroxyl groups is 1. The molecule has 0 heterocycles. The molecule has 0 saturated heterocycles. The zero-order valence-electron chi connectivity index (χ0n) is 14.0. The van der Waals surface area contributed by atoms with Crippen molar-refractivity contribution in [2.45, 2.75) is 59.0 Å². The number of aliphatic hydroxyl groups excluding tert-OH is 1. The third-order valence-corrected chi connectivity index (χ3v) is 3.62. The topological polar surface area (TPSA) is 57.6 Å². The third kappa shape index (κ3) is 4.67. The number of hydrogen-bond acceptors (Lipinski definition) is 3. The molecule has 1 rings (SSSR count). The van der Waals surface area contributed by atoms with Gasteiger partial charge in [-0.3, -0.25) is 9.59 Å². The van der Waals surface area contributed by atoms with Gasteiger partial charge in [-0.05, 0) is 46.6 Å². The average Bonchev–Trinajstić information content (AvgIpc) is 2.46. The molecular formula is C18H27NO3. The smallest absolute Gasteiger partial charge is 0.255 e. The summed E-state index contributed by atoms with van der Waals surface area (Å²) in [7, 11) is 0. The Morgan fingerprint density at radius 3 is 2.05 bits per heavy atom. The number of rotatable bonds is 8. The summed E-state index contributed by atoms with van der Waals surface area (Å²) in [4.78, 5) is 27.0. The van der Waals surface area contributed by atoms with E-state index >= 15 is 0 Å². The molecule has 0 atom stereocenters. The van der Waals surface area contributed by atoms with Gasteiger partial charge in [0.05, 0.1) is 5.56 Å². The van der Waals surface area contributed by atoms with Crippen LogP contribution in [0.5, 0.6) is 0 Å². The minimum atomic E-state index is -0.101. The second-order valence-corrected chi connectivity index (χ2v) is 6.05. The van der Waals surface area contributed by atoms with Crippen molar-refractivity contribution in [3.63, 3.8) is 0 Å². The van der Waals surface area contributed by atoms with Gasteiger partial charge in [0.25, 0.3) is 5.91 Å². The number of carbonyl (C=O) groups excluding carboxylic acids is 2. The molecule has 0 unspecified atom stereocenters. The lowest BCUT2D eigenvalue weighted by molar-refractivity contribution is 0.0639. The fraction of sp³-hybridized carbons (Fsp3) is 0.556. The van der Waals surface area contributed by atoms with Crippen LogP contribution in [0.15, 0.2) is 24.3 Å². The Morgan fingerprint density at radius 1 is 1.00 bits per heavy atom. The summed E-state index contributed by atoms with van der Waals surface area (Å²) in [5, 5.41) is 8.82.